The highest BCUT2D eigenvalue weighted by Gasteiger charge is 2.20. The van der Waals surface area contributed by atoms with Crippen LogP contribution in [0.2, 0.25) is 5.02 Å². The number of para-hydroxylation sites is 1. The molecule has 3 rings (SSSR count). The maximum Gasteiger partial charge on any atom is 0.340 e. The first-order chi connectivity index (χ1) is 13.0. The summed E-state index contributed by atoms with van der Waals surface area (Å²) in [4.78, 5) is 24.7. The van der Waals surface area contributed by atoms with Gasteiger partial charge in [-0.3, -0.25) is 4.79 Å². The second kappa shape index (κ2) is 8.01. The van der Waals surface area contributed by atoms with Crippen LogP contribution in [0, 0.1) is 6.92 Å². The van der Waals surface area contributed by atoms with Crippen molar-refractivity contribution in [1.82, 2.24) is 15.0 Å². The number of amides is 1. The average Bonchev–Trinajstić information content (AvgIpc) is 3.04. The second-order valence-corrected chi connectivity index (χ2v) is 6.07. The van der Waals surface area contributed by atoms with E-state index in [9.17, 15) is 9.59 Å². The van der Waals surface area contributed by atoms with Gasteiger partial charge in [-0.15, -0.1) is 5.10 Å². The number of esters is 1. The van der Waals surface area contributed by atoms with E-state index in [2.05, 4.69) is 15.6 Å². The number of nitrogens with one attached hydrogen (secondary N) is 1. The first kappa shape index (κ1) is 18.6. The molecule has 1 amide bonds. The molecule has 0 atom stereocenters. The van der Waals surface area contributed by atoms with Gasteiger partial charge in [-0.05, 0) is 44.2 Å². The Morgan fingerprint density at radius 3 is 2.70 bits per heavy atom. The average molecular weight is 385 g/mol. The Morgan fingerprint density at radius 1 is 1.19 bits per heavy atom. The van der Waals surface area contributed by atoms with Gasteiger partial charge in [0.1, 0.15) is 0 Å². The molecule has 1 heterocycles. The van der Waals surface area contributed by atoms with E-state index in [4.69, 9.17) is 16.3 Å². The largest absolute Gasteiger partial charge is 0.462 e. The molecule has 8 heteroatoms. The van der Waals surface area contributed by atoms with E-state index < -0.39 is 11.9 Å². The van der Waals surface area contributed by atoms with Gasteiger partial charge in [-0.25, -0.2) is 9.48 Å². The minimum atomic E-state index is -0.507. The van der Waals surface area contributed by atoms with Crippen molar-refractivity contribution in [3.8, 4) is 5.69 Å². The van der Waals surface area contributed by atoms with Gasteiger partial charge in [0, 0.05) is 5.02 Å². The number of anilines is 1. The van der Waals surface area contributed by atoms with Gasteiger partial charge in [0.25, 0.3) is 5.91 Å². The molecular formula is C19H17ClN4O3. The van der Waals surface area contributed by atoms with Crippen molar-refractivity contribution in [3.05, 3.63) is 70.5 Å². The van der Waals surface area contributed by atoms with Crippen molar-refractivity contribution in [3.63, 3.8) is 0 Å². The van der Waals surface area contributed by atoms with Crippen molar-refractivity contribution >= 4 is 29.2 Å². The molecule has 3 aromatic rings. The van der Waals surface area contributed by atoms with Crippen LogP contribution in [0.3, 0.4) is 0 Å². The normalized spacial score (nSPS) is 10.5. The first-order valence-electron chi connectivity index (χ1n) is 8.27. The van der Waals surface area contributed by atoms with E-state index in [0.29, 0.717) is 22.1 Å². The lowest BCUT2D eigenvalue weighted by Crippen LogP contribution is -2.17. The highest BCUT2D eigenvalue weighted by Crippen LogP contribution is 2.20. The van der Waals surface area contributed by atoms with E-state index in [1.54, 1.807) is 56.3 Å². The van der Waals surface area contributed by atoms with Gasteiger partial charge in [0.05, 0.1) is 29.2 Å². The molecule has 27 heavy (non-hydrogen) atoms. The van der Waals surface area contributed by atoms with Crippen LogP contribution in [-0.4, -0.2) is 33.5 Å². The molecule has 0 saturated carbocycles. The van der Waals surface area contributed by atoms with Crippen molar-refractivity contribution in [2.45, 2.75) is 13.8 Å². The molecule has 0 spiro atoms. The quantitative estimate of drug-likeness (QED) is 0.678. The number of carbonyl (C=O) groups is 2. The number of aromatic nitrogens is 3. The summed E-state index contributed by atoms with van der Waals surface area (Å²) >= 11 is 6.01. The number of ether oxygens (including phenoxy) is 1. The molecule has 1 N–H and O–H groups in total. The summed E-state index contributed by atoms with van der Waals surface area (Å²) in [7, 11) is 0. The fraction of sp³-hybridized carbons (Fsp3) is 0.158. The Morgan fingerprint density at radius 2 is 1.96 bits per heavy atom. The lowest BCUT2D eigenvalue weighted by Gasteiger charge is -2.09. The van der Waals surface area contributed by atoms with Gasteiger partial charge in [0.15, 0.2) is 5.69 Å². The van der Waals surface area contributed by atoms with E-state index in [0.717, 1.165) is 0 Å². The lowest BCUT2D eigenvalue weighted by atomic mass is 10.1. The Kier molecular flexibility index (Phi) is 5.52. The topological polar surface area (TPSA) is 86.1 Å². The Hall–Kier alpha value is -3.19. The Balaban J connectivity index is 1.87. The molecule has 2 aromatic carbocycles. The molecule has 0 saturated heterocycles. The summed E-state index contributed by atoms with van der Waals surface area (Å²) in [6.45, 7) is 3.69. The van der Waals surface area contributed by atoms with Crippen LogP contribution in [-0.2, 0) is 4.74 Å². The number of hydrogen-bond donors (Lipinski definition) is 1. The highest BCUT2D eigenvalue weighted by atomic mass is 35.5. The Bertz CT molecular complexity index is 1000. The molecule has 0 radical (unpaired) electrons. The molecule has 0 aliphatic carbocycles. The highest BCUT2D eigenvalue weighted by molar-refractivity contribution is 6.30. The van der Waals surface area contributed by atoms with Crippen molar-refractivity contribution < 1.29 is 14.3 Å². The molecule has 0 unspecified atom stereocenters. The summed E-state index contributed by atoms with van der Waals surface area (Å²) in [5.41, 5.74) is 2.00. The minimum absolute atomic E-state index is 0.147. The fourth-order valence-electron chi connectivity index (χ4n) is 2.55. The number of halogens is 1. The third-order valence-corrected chi connectivity index (χ3v) is 4.07. The van der Waals surface area contributed by atoms with Crippen molar-refractivity contribution in [2.75, 3.05) is 11.9 Å². The molecule has 0 aliphatic rings. The maximum absolute atomic E-state index is 12.7. The fourth-order valence-corrected chi connectivity index (χ4v) is 2.74. The standard InChI is InChI=1S/C19H17ClN4O3/c1-3-27-19(26)15-9-4-5-10-16(15)21-18(25)17-12(2)24(23-22-17)14-8-6-7-13(20)11-14/h4-11H,3H2,1-2H3,(H,21,25). The molecule has 0 bridgehead atoms. The van der Waals surface area contributed by atoms with Crippen LogP contribution in [0.1, 0.15) is 33.5 Å². The molecule has 7 nitrogen and oxygen atoms in total. The van der Waals surface area contributed by atoms with Crippen LogP contribution >= 0.6 is 11.6 Å². The zero-order valence-electron chi connectivity index (χ0n) is 14.8. The predicted octanol–water partition coefficient (Wildman–Crippen LogP) is 3.66. The molecule has 1 aromatic heterocycles. The number of hydrogen-bond acceptors (Lipinski definition) is 5. The maximum atomic E-state index is 12.7. The van der Waals surface area contributed by atoms with Crippen molar-refractivity contribution in [1.29, 1.82) is 0 Å². The summed E-state index contributed by atoms with van der Waals surface area (Å²) in [6.07, 6.45) is 0. The molecule has 0 aliphatic heterocycles. The van der Waals surface area contributed by atoms with Gasteiger partial charge < -0.3 is 10.1 Å². The third-order valence-electron chi connectivity index (χ3n) is 3.83. The number of rotatable bonds is 5. The van der Waals surface area contributed by atoms with Gasteiger partial charge in [0.2, 0.25) is 0 Å². The van der Waals surface area contributed by atoms with Gasteiger partial charge >= 0.3 is 5.97 Å². The number of benzene rings is 2. The summed E-state index contributed by atoms with van der Waals surface area (Å²) in [5, 5.41) is 11.3. The Labute approximate surface area is 160 Å². The van der Waals surface area contributed by atoms with Gasteiger partial charge in [-0.1, -0.05) is 35.0 Å². The zero-order chi connectivity index (χ0) is 19.4. The summed E-state index contributed by atoms with van der Waals surface area (Å²) in [5.74, 6) is -0.981. The summed E-state index contributed by atoms with van der Waals surface area (Å²) < 4.78 is 6.54. The smallest absolute Gasteiger partial charge is 0.340 e. The SMILES string of the molecule is CCOC(=O)c1ccccc1NC(=O)c1nnn(-c2cccc(Cl)c2)c1C. The third kappa shape index (κ3) is 3.98. The number of carbonyl (C=O) groups excluding carboxylic acids is 2. The van der Waals surface area contributed by atoms with Gasteiger partial charge in [-0.2, -0.15) is 0 Å². The van der Waals surface area contributed by atoms with Crippen LogP contribution in [0.15, 0.2) is 48.5 Å². The van der Waals surface area contributed by atoms with E-state index in [-0.39, 0.29) is 17.9 Å². The lowest BCUT2D eigenvalue weighted by molar-refractivity contribution is 0.0527. The number of nitrogens with zero attached hydrogens (tertiary/aromatic N) is 3. The van der Waals surface area contributed by atoms with Crippen LogP contribution in [0.25, 0.3) is 5.69 Å². The zero-order valence-corrected chi connectivity index (χ0v) is 15.5. The van der Waals surface area contributed by atoms with E-state index in [1.807, 2.05) is 6.07 Å². The molecule has 138 valence electrons. The van der Waals surface area contributed by atoms with E-state index >= 15 is 0 Å². The summed E-state index contributed by atoms with van der Waals surface area (Å²) in [6, 6.07) is 13.7. The monoisotopic (exact) mass is 384 g/mol. The van der Waals surface area contributed by atoms with Crippen LogP contribution in [0.4, 0.5) is 5.69 Å². The van der Waals surface area contributed by atoms with Crippen molar-refractivity contribution in [2.24, 2.45) is 0 Å². The van der Waals surface area contributed by atoms with Crippen LogP contribution in [0.5, 0.6) is 0 Å². The van der Waals surface area contributed by atoms with Crippen LogP contribution < -0.4 is 5.32 Å². The molecular weight excluding hydrogens is 368 g/mol. The minimum Gasteiger partial charge on any atom is -0.462 e. The second-order valence-electron chi connectivity index (χ2n) is 5.64. The van der Waals surface area contributed by atoms with E-state index in [1.165, 1.54) is 4.68 Å². The molecule has 0 fully saturated rings. The predicted molar refractivity (Wildman–Crippen MR) is 101 cm³/mol. The first-order valence-corrected chi connectivity index (χ1v) is 8.64.